The number of anilines is 1. The number of nitrogens with zero attached hydrogens (tertiary/aromatic N) is 3. The third kappa shape index (κ3) is 3.08. The van der Waals surface area contributed by atoms with Gasteiger partial charge >= 0.3 is 0 Å². The molecule has 0 bridgehead atoms. The molecule has 1 saturated carbocycles. The third-order valence-electron chi connectivity index (χ3n) is 6.49. The van der Waals surface area contributed by atoms with Crippen LogP contribution in [0.5, 0.6) is 0 Å². The highest BCUT2D eigenvalue weighted by Gasteiger charge is 2.34. The summed E-state index contributed by atoms with van der Waals surface area (Å²) in [6.07, 6.45) is 8.18. The number of aromatic nitrogens is 2. The number of hydrogen-bond donors (Lipinski definition) is 2. The van der Waals surface area contributed by atoms with E-state index in [1.165, 1.54) is 12.8 Å². The van der Waals surface area contributed by atoms with E-state index in [2.05, 4.69) is 25.1 Å². The van der Waals surface area contributed by atoms with Gasteiger partial charge in [-0.3, -0.25) is 4.79 Å². The summed E-state index contributed by atoms with van der Waals surface area (Å²) in [5, 5.41) is 4.03. The molecule has 2 aromatic rings. The molecule has 2 N–H and O–H groups in total. The van der Waals surface area contributed by atoms with E-state index in [4.69, 9.17) is 0 Å². The van der Waals surface area contributed by atoms with E-state index in [9.17, 15) is 9.18 Å². The molecule has 0 spiro atoms. The van der Waals surface area contributed by atoms with Gasteiger partial charge in [0.05, 0.1) is 17.9 Å². The van der Waals surface area contributed by atoms with Gasteiger partial charge in [-0.2, -0.15) is 0 Å². The Morgan fingerprint density at radius 1 is 1.22 bits per heavy atom. The van der Waals surface area contributed by atoms with Crippen molar-refractivity contribution < 1.29 is 9.18 Å². The predicted octanol–water partition coefficient (Wildman–Crippen LogP) is 2.67. The molecule has 2 aromatic heterocycles. The molecule has 4 heterocycles. The van der Waals surface area contributed by atoms with Gasteiger partial charge in [-0.1, -0.05) is 0 Å². The van der Waals surface area contributed by atoms with Crippen molar-refractivity contribution in [2.45, 2.75) is 44.3 Å². The van der Waals surface area contributed by atoms with E-state index < -0.39 is 6.17 Å². The summed E-state index contributed by atoms with van der Waals surface area (Å²) >= 11 is 0. The van der Waals surface area contributed by atoms with Crippen LogP contribution in [-0.2, 0) is 0 Å². The largest absolute Gasteiger partial charge is 0.350 e. The van der Waals surface area contributed by atoms with Gasteiger partial charge in [0.25, 0.3) is 5.91 Å². The van der Waals surface area contributed by atoms with Crippen molar-refractivity contribution in [2.24, 2.45) is 5.92 Å². The van der Waals surface area contributed by atoms with Gasteiger partial charge in [0.15, 0.2) is 0 Å². The minimum Gasteiger partial charge on any atom is -0.350 e. The number of likely N-dealkylation sites (tertiary alicyclic amines) is 1. The first kappa shape index (κ1) is 17.0. The minimum atomic E-state index is -0.632. The summed E-state index contributed by atoms with van der Waals surface area (Å²) in [6, 6.07) is 2.44. The quantitative estimate of drug-likeness (QED) is 0.871. The number of rotatable bonds is 3. The number of halogens is 1. The molecule has 2 aliphatic heterocycles. The van der Waals surface area contributed by atoms with E-state index in [-0.39, 0.29) is 5.91 Å². The van der Waals surface area contributed by atoms with Crippen LogP contribution >= 0.6 is 0 Å². The molecule has 1 aliphatic carbocycles. The van der Waals surface area contributed by atoms with Crippen LogP contribution < -0.4 is 10.2 Å². The molecule has 7 heteroatoms. The highest BCUT2D eigenvalue weighted by molar-refractivity contribution is 6.08. The zero-order valence-corrected chi connectivity index (χ0v) is 15.5. The standard InChI is InChI=1S/C20H26FN5O/c21-14-6-8-25(11-14)10-13-1-3-15(4-2-13)26-12-24-20(27)17-9-23-19-16(18(17)26)5-7-22-19/h5,7,9,13-15H,1-4,6,8,10-12H2,(H,22,23)(H,24,27)/t13?,14-,15?/m0/s1. The first-order valence-electron chi connectivity index (χ1n) is 10.1. The van der Waals surface area contributed by atoms with E-state index in [0.717, 1.165) is 42.7 Å². The SMILES string of the molecule is O=C1NCN(C2CCC(CN3CC[C@H](F)C3)CC2)c2c1cnc1[nH]ccc21. The van der Waals surface area contributed by atoms with Gasteiger partial charge < -0.3 is 20.1 Å². The predicted molar refractivity (Wildman–Crippen MR) is 103 cm³/mol. The molecule has 0 unspecified atom stereocenters. The molecule has 1 atom stereocenters. The monoisotopic (exact) mass is 371 g/mol. The number of fused-ring (bicyclic) bond motifs is 3. The molecule has 27 heavy (non-hydrogen) atoms. The van der Waals surface area contributed by atoms with Crippen LogP contribution in [0.1, 0.15) is 42.5 Å². The van der Waals surface area contributed by atoms with Gasteiger partial charge in [-0.05, 0) is 44.1 Å². The van der Waals surface area contributed by atoms with Crippen LogP contribution in [0.3, 0.4) is 0 Å². The lowest BCUT2D eigenvalue weighted by atomic mass is 9.84. The fourth-order valence-electron chi connectivity index (χ4n) is 5.07. The number of carbonyl (C=O) groups is 1. The Balaban J connectivity index is 1.31. The summed E-state index contributed by atoms with van der Waals surface area (Å²) in [5.41, 5.74) is 2.52. The average molecular weight is 371 g/mol. The van der Waals surface area contributed by atoms with Crippen LogP contribution in [0.4, 0.5) is 10.1 Å². The molecule has 0 aromatic carbocycles. The Labute approximate surface area is 158 Å². The fourth-order valence-corrected chi connectivity index (χ4v) is 5.07. The Kier molecular flexibility index (Phi) is 4.27. The highest BCUT2D eigenvalue weighted by Crippen LogP contribution is 2.37. The van der Waals surface area contributed by atoms with E-state index in [1.54, 1.807) is 6.20 Å². The summed E-state index contributed by atoms with van der Waals surface area (Å²) in [7, 11) is 0. The number of pyridine rings is 1. The lowest BCUT2D eigenvalue weighted by Crippen LogP contribution is -2.50. The number of nitrogens with one attached hydrogen (secondary N) is 2. The molecule has 5 rings (SSSR count). The molecular formula is C20H26FN5O. The lowest BCUT2D eigenvalue weighted by molar-refractivity contribution is 0.0944. The number of alkyl halides is 1. The van der Waals surface area contributed by atoms with Crippen LogP contribution in [0.2, 0.25) is 0 Å². The van der Waals surface area contributed by atoms with Crippen molar-refractivity contribution in [1.29, 1.82) is 0 Å². The first-order chi connectivity index (χ1) is 13.2. The van der Waals surface area contributed by atoms with Gasteiger partial charge in [-0.15, -0.1) is 0 Å². The highest BCUT2D eigenvalue weighted by atomic mass is 19.1. The molecule has 2 fully saturated rings. The maximum Gasteiger partial charge on any atom is 0.256 e. The Morgan fingerprint density at radius 2 is 2.07 bits per heavy atom. The van der Waals surface area contributed by atoms with Crippen molar-refractivity contribution in [3.8, 4) is 0 Å². The lowest BCUT2D eigenvalue weighted by Gasteiger charge is -2.41. The summed E-state index contributed by atoms with van der Waals surface area (Å²) in [5.74, 6) is 0.621. The number of hydrogen-bond acceptors (Lipinski definition) is 4. The van der Waals surface area contributed by atoms with Gasteiger partial charge in [0.1, 0.15) is 11.8 Å². The second-order valence-corrected chi connectivity index (χ2v) is 8.21. The van der Waals surface area contributed by atoms with Gasteiger partial charge in [-0.25, -0.2) is 9.37 Å². The molecule has 144 valence electrons. The molecule has 1 saturated heterocycles. The van der Waals surface area contributed by atoms with E-state index in [0.29, 0.717) is 37.2 Å². The first-order valence-corrected chi connectivity index (χ1v) is 10.1. The van der Waals surface area contributed by atoms with E-state index in [1.807, 2.05) is 12.3 Å². The molecule has 3 aliphatic rings. The fraction of sp³-hybridized carbons (Fsp3) is 0.600. The van der Waals surface area contributed by atoms with E-state index >= 15 is 0 Å². The normalized spacial score (nSPS) is 29.1. The van der Waals surface area contributed by atoms with Crippen LogP contribution in [0.25, 0.3) is 11.0 Å². The summed E-state index contributed by atoms with van der Waals surface area (Å²) < 4.78 is 13.4. The van der Waals surface area contributed by atoms with Crippen LogP contribution in [-0.4, -0.2) is 59.3 Å². The van der Waals surface area contributed by atoms with Gasteiger partial charge in [0.2, 0.25) is 0 Å². The van der Waals surface area contributed by atoms with Crippen LogP contribution in [0.15, 0.2) is 18.5 Å². The molecular weight excluding hydrogens is 345 g/mol. The summed E-state index contributed by atoms with van der Waals surface area (Å²) in [4.78, 5) is 24.5. The van der Waals surface area contributed by atoms with Crippen molar-refractivity contribution in [2.75, 3.05) is 31.2 Å². The maximum absolute atomic E-state index is 13.4. The van der Waals surface area contributed by atoms with Crippen molar-refractivity contribution >= 4 is 22.6 Å². The Bertz CT molecular complexity index is 844. The smallest absolute Gasteiger partial charge is 0.256 e. The molecule has 1 amide bonds. The second-order valence-electron chi connectivity index (χ2n) is 8.21. The zero-order valence-electron chi connectivity index (χ0n) is 15.5. The average Bonchev–Trinajstić information content (AvgIpc) is 3.31. The van der Waals surface area contributed by atoms with Crippen molar-refractivity contribution in [3.05, 3.63) is 24.0 Å². The Hall–Kier alpha value is -2.15. The minimum absolute atomic E-state index is 0.0413. The number of aromatic amines is 1. The number of amides is 1. The second kappa shape index (κ2) is 6.78. The topological polar surface area (TPSA) is 64.3 Å². The van der Waals surface area contributed by atoms with Crippen molar-refractivity contribution in [3.63, 3.8) is 0 Å². The zero-order chi connectivity index (χ0) is 18.4. The molecule has 6 nitrogen and oxygen atoms in total. The summed E-state index contributed by atoms with van der Waals surface area (Å²) in [6.45, 7) is 3.11. The Morgan fingerprint density at radius 3 is 2.85 bits per heavy atom. The molecule has 0 radical (unpaired) electrons. The third-order valence-corrected chi connectivity index (χ3v) is 6.49. The maximum atomic E-state index is 13.4. The van der Waals surface area contributed by atoms with Crippen LogP contribution in [0, 0.1) is 5.92 Å². The van der Waals surface area contributed by atoms with Gasteiger partial charge in [0, 0.05) is 43.5 Å². The number of carbonyl (C=O) groups excluding carboxylic acids is 1. The van der Waals surface area contributed by atoms with Crippen molar-refractivity contribution in [1.82, 2.24) is 20.2 Å². The number of H-pyrrole nitrogens is 1.